The van der Waals surface area contributed by atoms with Crippen LogP contribution in [0.15, 0.2) is 24.3 Å². The quantitative estimate of drug-likeness (QED) is 0.871. The number of ether oxygens (including phenoxy) is 2. The van der Waals surface area contributed by atoms with Crippen molar-refractivity contribution in [1.29, 1.82) is 0 Å². The molecule has 0 radical (unpaired) electrons. The predicted molar refractivity (Wildman–Crippen MR) is 57.1 cm³/mol. The van der Waals surface area contributed by atoms with E-state index >= 15 is 0 Å². The third-order valence-electron chi connectivity index (χ3n) is 2.13. The molecule has 0 fully saturated rings. The van der Waals surface area contributed by atoms with Crippen molar-refractivity contribution in [1.82, 2.24) is 0 Å². The topological polar surface area (TPSA) is 44.5 Å². The van der Waals surface area contributed by atoms with Gasteiger partial charge >= 0.3 is 6.18 Å². The zero-order chi connectivity index (χ0) is 12.9. The van der Waals surface area contributed by atoms with Gasteiger partial charge in [-0.25, -0.2) is 0 Å². The molecule has 0 saturated carbocycles. The molecular weight excluding hydrogens is 235 g/mol. The largest absolute Gasteiger partial charge is 0.493 e. The van der Waals surface area contributed by atoms with Crippen molar-refractivity contribution in [3.05, 3.63) is 24.3 Å². The fourth-order valence-electron chi connectivity index (χ4n) is 1.31. The Balaban J connectivity index is 2.86. The summed E-state index contributed by atoms with van der Waals surface area (Å²) in [6.07, 6.45) is -6.65. The highest BCUT2D eigenvalue weighted by atomic mass is 19.4. The van der Waals surface area contributed by atoms with Gasteiger partial charge in [0.1, 0.15) is 0 Å². The van der Waals surface area contributed by atoms with E-state index in [1.165, 1.54) is 19.2 Å². The maximum absolute atomic E-state index is 12.6. The monoisotopic (exact) mass is 249 g/mol. The summed E-state index contributed by atoms with van der Waals surface area (Å²) in [6, 6.07) is 6.18. The molecule has 17 heavy (non-hydrogen) atoms. The van der Waals surface area contributed by atoms with E-state index in [9.17, 15) is 13.2 Å². The molecule has 1 aromatic rings. The fraction of sp³-hybridized carbons (Fsp3) is 0.455. The third-order valence-corrected chi connectivity index (χ3v) is 2.13. The van der Waals surface area contributed by atoms with Crippen LogP contribution in [0, 0.1) is 0 Å². The number of hydrogen-bond acceptors (Lipinski definition) is 3. The van der Waals surface area contributed by atoms with Gasteiger partial charge in [-0.2, -0.15) is 13.2 Å². The molecular formula is C11H14F3NO2. The van der Waals surface area contributed by atoms with Gasteiger partial charge in [-0.3, -0.25) is 0 Å². The van der Waals surface area contributed by atoms with Crippen LogP contribution in [0.4, 0.5) is 13.2 Å². The lowest BCUT2D eigenvalue weighted by Gasteiger charge is -2.22. The minimum Gasteiger partial charge on any atom is -0.493 e. The summed E-state index contributed by atoms with van der Waals surface area (Å²) in [5.74, 6) is 0.324. The Hall–Kier alpha value is -1.43. The molecule has 0 aliphatic rings. The fourth-order valence-corrected chi connectivity index (χ4v) is 1.31. The summed E-state index contributed by atoms with van der Waals surface area (Å²) < 4.78 is 47.6. The van der Waals surface area contributed by atoms with E-state index in [2.05, 4.69) is 0 Å². The van der Waals surface area contributed by atoms with Gasteiger partial charge in [-0.05, 0) is 18.7 Å². The van der Waals surface area contributed by atoms with E-state index in [1.54, 1.807) is 12.1 Å². The molecule has 2 N–H and O–H groups in total. The molecule has 1 aromatic carbocycles. The molecule has 0 heterocycles. The summed E-state index contributed by atoms with van der Waals surface area (Å²) >= 11 is 0. The Kier molecular flexibility index (Phi) is 4.62. The minimum absolute atomic E-state index is 0.0609. The van der Waals surface area contributed by atoms with Gasteiger partial charge in [0, 0.05) is 6.42 Å². The number of methoxy groups -OCH3 is 1. The lowest BCUT2D eigenvalue weighted by atomic mass is 10.2. The van der Waals surface area contributed by atoms with Gasteiger partial charge in [-0.15, -0.1) is 0 Å². The van der Waals surface area contributed by atoms with Crippen LogP contribution in [0.3, 0.4) is 0 Å². The molecule has 96 valence electrons. The number of nitrogens with two attached hydrogens (primary N) is 1. The smallest absolute Gasteiger partial charge is 0.425 e. The summed E-state index contributed by atoms with van der Waals surface area (Å²) in [7, 11) is 1.37. The van der Waals surface area contributed by atoms with Crippen molar-refractivity contribution in [2.45, 2.75) is 18.7 Å². The van der Waals surface area contributed by atoms with Crippen molar-refractivity contribution in [3.63, 3.8) is 0 Å². The van der Waals surface area contributed by atoms with E-state index in [4.69, 9.17) is 15.2 Å². The van der Waals surface area contributed by atoms with Crippen molar-refractivity contribution in [2.24, 2.45) is 5.73 Å². The van der Waals surface area contributed by atoms with E-state index < -0.39 is 12.3 Å². The van der Waals surface area contributed by atoms with E-state index in [1.807, 2.05) is 0 Å². The first-order valence-electron chi connectivity index (χ1n) is 5.05. The maximum Gasteiger partial charge on any atom is 0.425 e. The first-order chi connectivity index (χ1) is 7.99. The average molecular weight is 249 g/mol. The Morgan fingerprint density at radius 3 is 2.29 bits per heavy atom. The number of para-hydroxylation sites is 2. The number of benzene rings is 1. The van der Waals surface area contributed by atoms with Crippen molar-refractivity contribution < 1.29 is 22.6 Å². The van der Waals surface area contributed by atoms with Crippen LogP contribution >= 0.6 is 0 Å². The zero-order valence-corrected chi connectivity index (χ0v) is 9.33. The maximum atomic E-state index is 12.6. The predicted octanol–water partition coefficient (Wildman–Crippen LogP) is 2.35. The molecule has 0 aromatic heterocycles. The summed E-state index contributed by atoms with van der Waals surface area (Å²) in [5, 5.41) is 0. The van der Waals surface area contributed by atoms with E-state index in [0.717, 1.165) is 0 Å². The van der Waals surface area contributed by atoms with Crippen LogP contribution in [0.1, 0.15) is 6.42 Å². The minimum atomic E-state index is -4.44. The highest BCUT2D eigenvalue weighted by Crippen LogP contribution is 2.32. The molecule has 0 bridgehead atoms. The van der Waals surface area contributed by atoms with E-state index in [0.29, 0.717) is 0 Å². The van der Waals surface area contributed by atoms with Crippen LogP contribution < -0.4 is 15.2 Å². The first-order valence-corrected chi connectivity index (χ1v) is 5.05. The highest BCUT2D eigenvalue weighted by Gasteiger charge is 2.41. The van der Waals surface area contributed by atoms with Crippen molar-refractivity contribution in [3.8, 4) is 11.5 Å². The third kappa shape index (κ3) is 3.81. The van der Waals surface area contributed by atoms with Gasteiger partial charge in [0.25, 0.3) is 0 Å². The summed E-state index contributed by atoms with van der Waals surface area (Å²) in [4.78, 5) is 0. The second-order valence-corrected chi connectivity index (χ2v) is 3.38. The Morgan fingerprint density at radius 2 is 1.82 bits per heavy atom. The Bertz CT molecular complexity index is 355. The van der Waals surface area contributed by atoms with E-state index in [-0.39, 0.29) is 24.5 Å². The average Bonchev–Trinajstić information content (AvgIpc) is 2.28. The number of halogens is 3. The van der Waals surface area contributed by atoms with Crippen LogP contribution in [0.25, 0.3) is 0 Å². The second-order valence-electron chi connectivity index (χ2n) is 3.38. The lowest BCUT2D eigenvalue weighted by Crippen LogP contribution is -2.36. The molecule has 0 aliphatic carbocycles. The molecule has 1 rings (SSSR count). The van der Waals surface area contributed by atoms with Gasteiger partial charge in [0.05, 0.1) is 7.11 Å². The van der Waals surface area contributed by atoms with Gasteiger partial charge in [0.2, 0.25) is 0 Å². The van der Waals surface area contributed by atoms with Gasteiger partial charge in [0.15, 0.2) is 17.6 Å². The Morgan fingerprint density at radius 1 is 1.24 bits per heavy atom. The number of rotatable bonds is 5. The highest BCUT2D eigenvalue weighted by molar-refractivity contribution is 5.39. The number of alkyl halides is 3. The SMILES string of the molecule is COc1ccccc1OC(CCN)C(F)(F)F. The van der Waals surface area contributed by atoms with Gasteiger partial charge < -0.3 is 15.2 Å². The first kappa shape index (κ1) is 13.6. The normalized spacial score (nSPS) is 13.2. The standard InChI is InChI=1S/C11H14F3NO2/c1-16-8-4-2-3-5-9(8)17-10(6-7-15)11(12,13)14/h2-5,10H,6-7,15H2,1H3. The molecule has 0 aliphatic heterocycles. The zero-order valence-electron chi connectivity index (χ0n) is 9.33. The van der Waals surface area contributed by atoms with Gasteiger partial charge in [-0.1, -0.05) is 12.1 Å². The Labute approximate surface area is 97.3 Å². The molecule has 0 saturated heterocycles. The molecule has 6 heteroatoms. The molecule has 0 amide bonds. The molecule has 1 atom stereocenters. The molecule has 0 spiro atoms. The van der Waals surface area contributed by atoms with Crippen LogP contribution in [0.5, 0.6) is 11.5 Å². The number of hydrogen-bond donors (Lipinski definition) is 1. The van der Waals surface area contributed by atoms with Crippen molar-refractivity contribution >= 4 is 0 Å². The van der Waals surface area contributed by atoms with Crippen LogP contribution in [-0.2, 0) is 0 Å². The van der Waals surface area contributed by atoms with Crippen molar-refractivity contribution in [2.75, 3.05) is 13.7 Å². The van der Waals surface area contributed by atoms with Crippen LogP contribution in [0.2, 0.25) is 0 Å². The summed E-state index contributed by atoms with van der Waals surface area (Å²) in [6.45, 7) is -0.0979. The molecule has 3 nitrogen and oxygen atoms in total. The van der Waals surface area contributed by atoms with Crippen LogP contribution in [-0.4, -0.2) is 25.9 Å². The molecule has 1 unspecified atom stereocenters. The lowest BCUT2D eigenvalue weighted by molar-refractivity contribution is -0.196. The summed E-state index contributed by atoms with van der Waals surface area (Å²) in [5.41, 5.74) is 5.14. The second kappa shape index (κ2) is 5.77.